The van der Waals surface area contributed by atoms with Crippen molar-refractivity contribution in [2.75, 3.05) is 40.4 Å². The van der Waals surface area contributed by atoms with Crippen LogP contribution in [-0.2, 0) is 4.74 Å². The summed E-state index contributed by atoms with van der Waals surface area (Å²) in [6.45, 7) is 3.98. The molecule has 0 atom stereocenters. The number of hydrogen-bond donors (Lipinski definition) is 1. The van der Waals surface area contributed by atoms with Crippen molar-refractivity contribution in [3.05, 3.63) is 0 Å². The number of ether oxygens (including phenoxy) is 1. The predicted molar refractivity (Wildman–Crippen MR) is 59.6 cm³/mol. The molecule has 0 heterocycles. The molecule has 1 aliphatic carbocycles. The maximum atomic E-state index is 5.50. The van der Waals surface area contributed by atoms with E-state index in [1.54, 1.807) is 0 Å². The van der Waals surface area contributed by atoms with Crippen LogP contribution in [0.3, 0.4) is 0 Å². The molecule has 0 aliphatic heterocycles. The molecule has 1 aliphatic rings. The summed E-state index contributed by atoms with van der Waals surface area (Å²) in [6.07, 6.45) is 5.21. The number of unbranched alkanes of at least 4 members (excludes halogenated alkanes) is 1. The molecule has 0 amide bonds. The zero-order valence-electron chi connectivity index (χ0n) is 9.59. The Kier molecular flexibility index (Phi) is 6.15. The van der Waals surface area contributed by atoms with E-state index in [2.05, 4.69) is 24.3 Å². The largest absolute Gasteiger partial charge is 0.380 e. The van der Waals surface area contributed by atoms with Crippen LogP contribution in [0.15, 0.2) is 0 Å². The molecule has 0 radical (unpaired) electrons. The number of rotatable bonds is 9. The highest BCUT2D eigenvalue weighted by Gasteiger charge is 2.19. The van der Waals surface area contributed by atoms with Gasteiger partial charge < -0.3 is 15.0 Å². The van der Waals surface area contributed by atoms with E-state index in [0.717, 1.165) is 25.8 Å². The Balaban J connectivity index is 1.66. The van der Waals surface area contributed by atoms with Gasteiger partial charge in [-0.1, -0.05) is 0 Å². The van der Waals surface area contributed by atoms with Crippen molar-refractivity contribution in [2.24, 2.45) is 0 Å². The van der Waals surface area contributed by atoms with Crippen molar-refractivity contribution in [3.63, 3.8) is 0 Å². The van der Waals surface area contributed by atoms with E-state index in [1.807, 2.05) is 0 Å². The third-order valence-electron chi connectivity index (χ3n) is 2.41. The smallest absolute Gasteiger partial charge is 0.0593 e. The van der Waals surface area contributed by atoms with Crippen LogP contribution >= 0.6 is 0 Å². The van der Waals surface area contributed by atoms with Crippen LogP contribution in [0, 0.1) is 0 Å². The van der Waals surface area contributed by atoms with Gasteiger partial charge in [0, 0.05) is 19.2 Å². The molecule has 1 saturated carbocycles. The van der Waals surface area contributed by atoms with E-state index >= 15 is 0 Å². The van der Waals surface area contributed by atoms with Gasteiger partial charge in [-0.15, -0.1) is 0 Å². The molecule has 1 fully saturated rings. The van der Waals surface area contributed by atoms with Gasteiger partial charge in [0.1, 0.15) is 0 Å². The zero-order chi connectivity index (χ0) is 10.2. The van der Waals surface area contributed by atoms with Crippen LogP contribution in [-0.4, -0.2) is 51.3 Å². The zero-order valence-corrected chi connectivity index (χ0v) is 9.59. The lowest BCUT2D eigenvalue weighted by Crippen LogP contribution is -2.19. The van der Waals surface area contributed by atoms with Gasteiger partial charge in [-0.25, -0.2) is 0 Å². The fourth-order valence-electron chi connectivity index (χ4n) is 1.27. The molecule has 14 heavy (non-hydrogen) atoms. The summed E-state index contributed by atoms with van der Waals surface area (Å²) in [4.78, 5) is 2.15. The molecular formula is C11H24N2O. The van der Waals surface area contributed by atoms with Gasteiger partial charge in [-0.05, 0) is 46.3 Å². The van der Waals surface area contributed by atoms with Crippen LogP contribution in [0.5, 0.6) is 0 Å². The Bertz CT molecular complexity index is 127. The van der Waals surface area contributed by atoms with Gasteiger partial charge in [-0.3, -0.25) is 0 Å². The molecule has 1 N–H and O–H groups in total. The first-order chi connectivity index (χ1) is 6.79. The third kappa shape index (κ3) is 7.30. The summed E-state index contributed by atoms with van der Waals surface area (Å²) < 4.78 is 5.50. The van der Waals surface area contributed by atoms with Crippen LogP contribution in [0.2, 0.25) is 0 Å². The van der Waals surface area contributed by atoms with Gasteiger partial charge in [0.15, 0.2) is 0 Å². The standard InChI is InChI=1S/C11H24N2O/c1-13(2)8-10-14-9-4-3-7-12-11-5-6-11/h11-12H,3-10H2,1-2H3. The molecule has 0 bridgehead atoms. The molecule has 0 aromatic heterocycles. The quantitative estimate of drug-likeness (QED) is 0.564. The summed E-state index contributed by atoms with van der Waals surface area (Å²) in [5.41, 5.74) is 0. The Labute approximate surface area is 87.8 Å². The summed E-state index contributed by atoms with van der Waals surface area (Å²) in [5.74, 6) is 0. The molecule has 0 spiro atoms. The molecule has 1 rings (SSSR count). The molecule has 3 nitrogen and oxygen atoms in total. The minimum absolute atomic E-state index is 0.852. The second kappa shape index (κ2) is 7.21. The van der Waals surface area contributed by atoms with Gasteiger partial charge in [0.2, 0.25) is 0 Å². The molecule has 0 aromatic rings. The van der Waals surface area contributed by atoms with E-state index in [1.165, 1.54) is 32.2 Å². The van der Waals surface area contributed by atoms with Crippen molar-refractivity contribution < 1.29 is 4.74 Å². The third-order valence-corrected chi connectivity index (χ3v) is 2.41. The normalized spacial score (nSPS) is 16.5. The second-order valence-electron chi connectivity index (χ2n) is 4.35. The summed E-state index contributed by atoms with van der Waals surface area (Å²) in [7, 11) is 4.14. The molecule has 84 valence electrons. The van der Waals surface area contributed by atoms with Crippen LogP contribution in [0.1, 0.15) is 25.7 Å². The van der Waals surface area contributed by atoms with Gasteiger partial charge in [0.05, 0.1) is 6.61 Å². The average Bonchev–Trinajstić information content (AvgIpc) is 2.92. The average molecular weight is 200 g/mol. The second-order valence-corrected chi connectivity index (χ2v) is 4.35. The summed E-state index contributed by atoms with van der Waals surface area (Å²) >= 11 is 0. The van der Waals surface area contributed by atoms with Gasteiger partial charge >= 0.3 is 0 Å². The lowest BCUT2D eigenvalue weighted by Gasteiger charge is -2.09. The van der Waals surface area contributed by atoms with Crippen molar-refractivity contribution >= 4 is 0 Å². The van der Waals surface area contributed by atoms with Crippen molar-refractivity contribution in [1.29, 1.82) is 0 Å². The lowest BCUT2D eigenvalue weighted by atomic mass is 10.3. The highest BCUT2D eigenvalue weighted by molar-refractivity contribution is 4.80. The van der Waals surface area contributed by atoms with E-state index in [4.69, 9.17) is 4.74 Å². The molecule has 0 aromatic carbocycles. The van der Waals surface area contributed by atoms with Gasteiger partial charge in [-0.2, -0.15) is 0 Å². The van der Waals surface area contributed by atoms with Crippen LogP contribution in [0.4, 0.5) is 0 Å². The SMILES string of the molecule is CN(C)CCOCCCCNC1CC1. The fourth-order valence-corrected chi connectivity index (χ4v) is 1.27. The number of nitrogens with zero attached hydrogens (tertiary/aromatic N) is 1. The topological polar surface area (TPSA) is 24.5 Å². The highest BCUT2D eigenvalue weighted by Crippen LogP contribution is 2.18. The molecule has 3 heteroatoms. The predicted octanol–water partition coefficient (Wildman–Crippen LogP) is 1.10. The summed E-state index contributed by atoms with van der Waals surface area (Å²) in [5, 5.41) is 3.50. The Morgan fingerprint density at radius 3 is 2.64 bits per heavy atom. The maximum Gasteiger partial charge on any atom is 0.0593 e. The van der Waals surface area contributed by atoms with Crippen molar-refractivity contribution in [3.8, 4) is 0 Å². The highest BCUT2D eigenvalue weighted by atomic mass is 16.5. The molecular weight excluding hydrogens is 176 g/mol. The number of nitrogens with one attached hydrogen (secondary N) is 1. The first-order valence-corrected chi connectivity index (χ1v) is 5.75. The maximum absolute atomic E-state index is 5.50. The fraction of sp³-hybridized carbons (Fsp3) is 1.00. The Morgan fingerprint density at radius 1 is 1.21 bits per heavy atom. The minimum Gasteiger partial charge on any atom is -0.380 e. The van der Waals surface area contributed by atoms with E-state index in [0.29, 0.717) is 0 Å². The first kappa shape index (κ1) is 12.0. The molecule has 0 saturated heterocycles. The Morgan fingerprint density at radius 2 is 2.00 bits per heavy atom. The first-order valence-electron chi connectivity index (χ1n) is 5.75. The van der Waals surface area contributed by atoms with Crippen molar-refractivity contribution in [1.82, 2.24) is 10.2 Å². The van der Waals surface area contributed by atoms with E-state index < -0.39 is 0 Å². The van der Waals surface area contributed by atoms with Crippen LogP contribution in [0.25, 0.3) is 0 Å². The number of likely N-dealkylation sites (N-methyl/N-ethyl adjacent to an activating group) is 1. The number of hydrogen-bond acceptors (Lipinski definition) is 3. The lowest BCUT2D eigenvalue weighted by molar-refractivity contribution is 0.114. The van der Waals surface area contributed by atoms with Crippen LogP contribution < -0.4 is 5.32 Å². The summed E-state index contributed by atoms with van der Waals surface area (Å²) in [6, 6.07) is 0.852. The van der Waals surface area contributed by atoms with E-state index in [9.17, 15) is 0 Å². The monoisotopic (exact) mass is 200 g/mol. The van der Waals surface area contributed by atoms with E-state index in [-0.39, 0.29) is 0 Å². The Hall–Kier alpha value is -0.120. The molecule has 0 unspecified atom stereocenters. The van der Waals surface area contributed by atoms with Crippen molar-refractivity contribution in [2.45, 2.75) is 31.7 Å². The minimum atomic E-state index is 0.852. The van der Waals surface area contributed by atoms with Gasteiger partial charge in [0.25, 0.3) is 0 Å².